The van der Waals surface area contributed by atoms with Gasteiger partial charge >= 0.3 is 0 Å². The highest BCUT2D eigenvalue weighted by Gasteiger charge is 2.17. The first-order chi connectivity index (χ1) is 22.8. The molecule has 46 heavy (non-hydrogen) atoms. The molecule has 0 saturated carbocycles. The normalized spacial score (nSPS) is 11.5. The first-order valence-electron chi connectivity index (χ1n) is 15.7. The molecule has 2 nitrogen and oxygen atoms in total. The van der Waals surface area contributed by atoms with Crippen molar-refractivity contribution in [2.45, 2.75) is 0 Å². The quantitative estimate of drug-likeness (QED) is 0.186. The molecular formula is C44H29NO. The average molecular weight is 588 g/mol. The van der Waals surface area contributed by atoms with Crippen LogP contribution in [-0.4, -0.2) is 0 Å². The molecule has 0 fully saturated rings. The predicted molar refractivity (Wildman–Crippen MR) is 194 cm³/mol. The summed E-state index contributed by atoms with van der Waals surface area (Å²) < 4.78 is 6.18. The van der Waals surface area contributed by atoms with Gasteiger partial charge in [0.25, 0.3) is 0 Å². The van der Waals surface area contributed by atoms with E-state index in [1.807, 2.05) is 18.2 Å². The second-order valence-electron chi connectivity index (χ2n) is 11.8. The molecule has 0 aliphatic carbocycles. The summed E-state index contributed by atoms with van der Waals surface area (Å²) >= 11 is 0. The fraction of sp³-hybridized carbons (Fsp3) is 0. The number of fused-ring (bicyclic) bond motifs is 5. The summed E-state index contributed by atoms with van der Waals surface area (Å²) in [4.78, 5) is 2.38. The van der Waals surface area contributed by atoms with Gasteiger partial charge in [0.15, 0.2) is 0 Å². The fourth-order valence-electron chi connectivity index (χ4n) is 6.75. The third kappa shape index (κ3) is 4.51. The highest BCUT2D eigenvalue weighted by atomic mass is 16.3. The van der Waals surface area contributed by atoms with Crippen LogP contribution in [-0.2, 0) is 0 Å². The zero-order chi connectivity index (χ0) is 30.5. The van der Waals surface area contributed by atoms with Gasteiger partial charge in [-0.2, -0.15) is 0 Å². The van der Waals surface area contributed by atoms with E-state index in [4.69, 9.17) is 4.42 Å². The summed E-state index contributed by atoms with van der Waals surface area (Å²) in [6, 6.07) is 62.8. The number of rotatable bonds is 5. The summed E-state index contributed by atoms with van der Waals surface area (Å²) in [5.74, 6) is 0.880. The van der Waals surface area contributed by atoms with Crippen molar-refractivity contribution >= 4 is 60.3 Å². The van der Waals surface area contributed by atoms with Gasteiger partial charge in [0.1, 0.15) is 11.3 Å². The van der Waals surface area contributed by atoms with Crippen LogP contribution in [0.1, 0.15) is 0 Å². The molecule has 2 heteroatoms. The van der Waals surface area contributed by atoms with E-state index in [2.05, 4.69) is 163 Å². The Morgan fingerprint density at radius 2 is 0.978 bits per heavy atom. The first-order valence-corrected chi connectivity index (χ1v) is 15.7. The molecule has 0 radical (unpaired) electrons. The Balaban J connectivity index is 1.15. The Kier molecular flexibility index (Phi) is 6.17. The number of benzene rings is 8. The molecule has 0 unspecified atom stereocenters. The van der Waals surface area contributed by atoms with Crippen LogP contribution in [0.4, 0.5) is 17.1 Å². The molecule has 216 valence electrons. The van der Waals surface area contributed by atoms with Crippen LogP contribution in [0.25, 0.3) is 65.7 Å². The number of anilines is 3. The first kappa shape index (κ1) is 26.3. The standard InChI is InChI=1S/C44H29NO/c1-4-15-39-32(10-1)19-20-34-28-38(25-26-40(34)39)45(42-17-8-12-31-9-2-5-16-41(31)42)37-23-21-30(22-24-37)33-13-7-14-35(27-33)44-29-36-11-3-6-18-43(36)46-44/h1-29H. The van der Waals surface area contributed by atoms with E-state index in [0.717, 1.165) is 50.5 Å². The average Bonchev–Trinajstić information content (AvgIpc) is 3.57. The molecule has 0 saturated heterocycles. The molecule has 1 aromatic heterocycles. The second kappa shape index (κ2) is 10.8. The van der Waals surface area contributed by atoms with E-state index in [0.29, 0.717) is 0 Å². The molecule has 0 N–H and O–H groups in total. The minimum atomic E-state index is 0.880. The van der Waals surface area contributed by atoms with E-state index >= 15 is 0 Å². The molecular weight excluding hydrogens is 558 g/mol. The Morgan fingerprint density at radius 3 is 1.83 bits per heavy atom. The number of furan rings is 1. The van der Waals surface area contributed by atoms with E-state index < -0.39 is 0 Å². The predicted octanol–water partition coefficient (Wildman–Crippen LogP) is 12.7. The van der Waals surface area contributed by atoms with Crippen molar-refractivity contribution in [3.63, 3.8) is 0 Å². The van der Waals surface area contributed by atoms with Crippen molar-refractivity contribution in [2.24, 2.45) is 0 Å². The molecule has 0 spiro atoms. The van der Waals surface area contributed by atoms with Crippen LogP contribution in [0.3, 0.4) is 0 Å². The third-order valence-electron chi connectivity index (χ3n) is 9.03. The summed E-state index contributed by atoms with van der Waals surface area (Å²) in [6.07, 6.45) is 0. The van der Waals surface area contributed by atoms with Gasteiger partial charge in [-0.3, -0.25) is 0 Å². The van der Waals surface area contributed by atoms with Crippen LogP contribution in [0.2, 0.25) is 0 Å². The molecule has 9 aromatic rings. The lowest BCUT2D eigenvalue weighted by atomic mass is 9.99. The van der Waals surface area contributed by atoms with Crippen LogP contribution < -0.4 is 4.90 Å². The number of nitrogens with zero attached hydrogens (tertiary/aromatic N) is 1. The van der Waals surface area contributed by atoms with Crippen molar-refractivity contribution in [3.05, 3.63) is 176 Å². The Hall–Kier alpha value is -6.12. The van der Waals surface area contributed by atoms with Crippen LogP contribution in [0.15, 0.2) is 180 Å². The van der Waals surface area contributed by atoms with Crippen molar-refractivity contribution in [2.75, 3.05) is 4.90 Å². The summed E-state index contributed by atoms with van der Waals surface area (Å²) in [6.45, 7) is 0. The lowest BCUT2D eigenvalue weighted by Gasteiger charge is -2.27. The van der Waals surface area contributed by atoms with Gasteiger partial charge in [-0.05, 0) is 86.6 Å². The van der Waals surface area contributed by atoms with E-state index in [9.17, 15) is 0 Å². The Labute approximate surface area is 267 Å². The lowest BCUT2D eigenvalue weighted by Crippen LogP contribution is -2.10. The molecule has 0 bridgehead atoms. The molecule has 0 aliphatic rings. The fourth-order valence-corrected chi connectivity index (χ4v) is 6.75. The molecule has 0 amide bonds. The maximum atomic E-state index is 6.18. The largest absolute Gasteiger partial charge is 0.456 e. The van der Waals surface area contributed by atoms with Crippen molar-refractivity contribution in [1.82, 2.24) is 0 Å². The zero-order valence-corrected chi connectivity index (χ0v) is 25.1. The molecule has 1 heterocycles. The van der Waals surface area contributed by atoms with Gasteiger partial charge in [0.2, 0.25) is 0 Å². The monoisotopic (exact) mass is 587 g/mol. The van der Waals surface area contributed by atoms with Crippen molar-refractivity contribution in [3.8, 4) is 22.5 Å². The topological polar surface area (TPSA) is 16.4 Å². The highest BCUT2D eigenvalue weighted by molar-refractivity contribution is 6.09. The summed E-state index contributed by atoms with van der Waals surface area (Å²) in [5, 5.41) is 8.57. The van der Waals surface area contributed by atoms with Gasteiger partial charge in [0, 0.05) is 27.7 Å². The van der Waals surface area contributed by atoms with Crippen LogP contribution in [0.5, 0.6) is 0 Å². The van der Waals surface area contributed by atoms with Gasteiger partial charge in [-0.1, -0.05) is 127 Å². The van der Waals surface area contributed by atoms with E-state index in [1.54, 1.807) is 0 Å². The minimum Gasteiger partial charge on any atom is -0.456 e. The van der Waals surface area contributed by atoms with Crippen molar-refractivity contribution < 1.29 is 4.42 Å². The van der Waals surface area contributed by atoms with Gasteiger partial charge < -0.3 is 9.32 Å². The minimum absolute atomic E-state index is 0.880. The second-order valence-corrected chi connectivity index (χ2v) is 11.8. The Morgan fingerprint density at radius 1 is 0.348 bits per heavy atom. The summed E-state index contributed by atoms with van der Waals surface area (Å²) in [5.41, 5.74) is 7.66. The van der Waals surface area contributed by atoms with E-state index in [-0.39, 0.29) is 0 Å². The molecule has 0 aliphatic heterocycles. The zero-order valence-electron chi connectivity index (χ0n) is 25.1. The highest BCUT2D eigenvalue weighted by Crippen LogP contribution is 2.41. The Bertz CT molecular complexity index is 2500. The van der Waals surface area contributed by atoms with Gasteiger partial charge in [0.05, 0.1) is 5.69 Å². The third-order valence-corrected chi connectivity index (χ3v) is 9.03. The summed E-state index contributed by atoms with van der Waals surface area (Å²) in [7, 11) is 0. The number of hydrogen-bond donors (Lipinski definition) is 0. The maximum Gasteiger partial charge on any atom is 0.135 e. The molecule has 0 atom stereocenters. The van der Waals surface area contributed by atoms with Crippen LogP contribution in [0, 0.1) is 0 Å². The maximum absolute atomic E-state index is 6.18. The van der Waals surface area contributed by atoms with Crippen LogP contribution >= 0.6 is 0 Å². The molecule has 9 rings (SSSR count). The number of hydrogen-bond acceptors (Lipinski definition) is 2. The SMILES string of the molecule is c1cc(-c2ccc(N(c3ccc4c(ccc5ccccc54)c3)c3cccc4ccccc34)cc2)cc(-c2cc3ccccc3o2)c1. The smallest absolute Gasteiger partial charge is 0.135 e. The lowest BCUT2D eigenvalue weighted by molar-refractivity contribution is 0.631. The van der Waals surface area contributed by atoms with Crippen molar-refractivity contribution in [1.29, 1.82) is 0 Å². The van der Waals surface area contributed by atoms with Gasteiger partial charge in [-0.25, -0.2) is 0 Å². The molecule has 8 aromatic carbocycles. The van der Waals surface area contributed by atoms with E-state index in [1.165, 1.54) is 32.3 Å². The number of para-hydroxylation sites is 1. The van der Waals surface area contributed by atoms with Gasteiger partial charge in [-0.15, -0.1) is 0 Å².